The van der Waals surface area contributed by atoms with Crippen molar-refractivity contribution in [1.29, 1.82) is 0 Å². The molecule has 1 aromatic carbocycles. The van der Waals surface area contributed by atoms with E-state index in [4.69, 9.17) is 0 Å². The highest BCUT2D eigenvalue weighted by atomic mass is 32.1. The first-order valence-electron chi connectivity index (χ1n) is 6.05. The molecule has 0 aliphatic carbocycles. The van der Waals surface area contributed by atoms with Gasteiger partial charge in [-0.05, 0) is 12.6 Å². The van der Waals surface area contributed by atoms with Crippen molar-refractivity contribution in [2.24, 2.45) is 0 Å². The summed E-state index contributed by atoms with van der Waals surface area (Å²) in [5.41, 5.74) is 0.536. The first-order valence-corrected chi connectivity index (χ1v) is 6.93. The topological polar surface area (TPSA) is 79.5 Å². The van der Waals surface area contributed by atoms with E-state index in [1.54, 1.807) is 29.7 Å². The van der Waals surface area contributed by atoms with Crippen LogP contribution in [0, 0.1) is 10.1 Å². The third-order valence-corrected chi connectivity index (χ3v) is 3.60. The predicted molar refractivity (Wildman–Crippen MR) is 76.5 cm³/mol. The number of non-ortho nitro benzene ring substituents is 1. The number of rotatable bonds is 6. The molecule has 1 atom stereocenters. The van der Waals surface area contributed by atoms with Crippen molar-refractivity contribution in [1.82, 2.24) is 9.88 Å². The SMILES string of the molecule is CN(Cc1nccs1)CC(O)c1cccc([N+](=O)[O-])c1. The van der Waals surface area contributed by atoms with Crippen molar-refractivity contribution in [2.45, 2.75) is 12.6 Å². The number of nitro groups is 1. The summed E-state index contributed by atoms with van der Waals surface area (Å²) in [6, 6.07) is 6.09. The van der Waals surface area contributed by atoms with E-state index in [1.807, 2.05) is 17.3 Å². The summed E-state index contributed by atoms with van der Waals surface area (Å²) >= 11 is 1.56. The van der Waals surface area contributed by atoms with E-state index in [0.717, 1.165) is 5.01 Å². The standard InChI is InChI=1S/C13H15N3O3S/c1-15(9-13-14-5-6-20-13)8-12(17)10-3-2-4-11(7-10)16(18)19/h2-7,12,17H,8-9H2,1H3. The van der Waals surface area contributed by atoms with Gasteiger partial charge >= 0.3 is 0 Å². The fraction of sp³-hybridized carbons (Fsp3) is 0.308. The van der Waals surface area contributed by atoms with Crippen LogP contribution < -0.4 is 0 Å². The van der Waals surface area contributed by atoms with Gasteiger partial charge < -0.3 is 5.11 Å². The van der Waals surface area contributed by atoms with Gasteiger partial charge in [0.2, 0.25) is 0 Å². The second kappa shape index (κ2) is 6.56. The van der Waals surface area contributed by atoms with E-state index in [1.165, 1.54) is 12.1 Å². The molecule has 0 radical (unpaired) electrons. The third kappa shape index (κ3) is 3.83. The number of likely N-dealkylation sites (N-methyl/N-ethyl adjacent to an activating group) is 1. The van der Waals surface area contributed by atoms with Gasteiger partial charge in [0.15, 0.2) is 0 Å². The number of thiazole rings is 1. The lowest BCUT2D eigenvalue weighted by Crippen LogP contribution is -2.24. The first-order chi connectivity index (χ1) is 9.56. The number of aliphatic hydroxyl groups excluding tert-OH is 1. The van der Waals surface area contributed by atoms with Crippen molar-refractivity contribution < 1.29 is 10.0 Å². The van der Waals surface area contributed by atoms with Gasteiger partial charge in [-0.15, -0.1) is 11.3 Å². The van der Waals surface area contributed by atoms with Crippen LogP contribution in [0.2, 0.25) is 0 Å². The Morgan fingerprint density at radius 2 is 2.35 bits per heavy atom. The zero-order valence-electron chi connectivity index (χ0n) is 11.0. The minimum atomic E-state index is -0.764. The molecular weight excluding hydrogens is 278 g/mol. The van der Waals surface area contributed by atoms with Crippen molar-refractivity contribution in [3.8, 4) is 0 Å². The first kappa shape index (κ1) is 14.6. The van der Waals surface area contributed by atoms with Crippen LogP contribution in [0.4, 0.5) is 5.69 Å². The van der Waals surface area contributed by atoms with Crippen LogP contribution in [0.5, 0.6) is 0 Å². The van der Waals surface area contributed by atoms with E-state index in [2.05, 4.69) is 4.98 Å². The number of nitro benzene ring substituents is 1. The van der Waals surface area contributed by atoms with Crippen LogP contribution in [-0.2, 0) is 6.54 Å². The van der Waals surface area contributed by atoms with Crippen LogP contribution in [-0.4, -0.2) is 33.5 Å². The van der Waals surface area contributed by atoms with Crippen LogP contribution in [0.3, 0.4) is 0 Å². The van der Waals surface area contributed by atoms with Crippen molar-refractivity contribution in [3.63, 3.8) is 0 Å². The molecule has 7 heteroatoms. The molecule has 1 unspecified atom stereocenters. The zero-order valence-corrected chi connectivity index (χ0v) is 11.8. The van der Waals surface area contributed by atoms with E-state index in [0.29, 0.717) is 18.7 Å². The summed E-state index contributed by atoms with van der Waals surface area (Å²) in [6.45, 7) is 1.03. The van der Waals surface area contributed by atoms with Crippen LogP contribution in [0.1, 0.15) is 16.7 Å². The molecule has 0 bridgehead atoms. The molecular formula is C13H15N3O3S. The number of nitrogens with zero attached hydrogens (tertiary/aromatic N) is 3. The van der Waals surface area contributed by atoms with Crippen molar-refractivity contribution in [3.05, 3.63) is 56.5 Å². The molecule has 0 amide bonds. The molecule has 106 valence electrons. The third-order valence-electron chi connectivity index (χ3n) is 2.84. The summed E-state index contributed by atoms with van der Waals surface area (Å²) in [5, 5.41) is 23.7. The summed E-state index contributed by atoms with van der Waals surface area (Å²) in [5.74, 6) is 0. The minimum Gasteiger partial charge on any atom is -0.387 e. The van der Waals surface area contributed by atoms with E-state index < -0.39 is 11.0 Å². The quantitative estimate of drug-likeness (QED) is 0.652. The highest BCUT2D eigenvalue weighted by Gasteiger charge is 2.14. The summed E-state index contributed by atoms with van der Waals surface area (Å²) in [7, 11) is 1.88. The fourth-order valence-electron chi connectivity index (χ4n) is 1.87. The van der Waals surface area contributed by atoms with Crippen LogP contribution in [0.15, 0.2) is 35.8 Å². The second-order valence-electron chi connectivity index (χ2n) is 4.49. The summed E-state index contributed by atoms with van der Waals surface area (Å²) in [6.07, 6.45) is 0.977. The van der Waals surface area contributed by atoms with Gasteiger partial charge in [0.05, 0.1) is 17.6 Å². The van der Waals surface area contributed by atoms with E-state index in [9.17, 15) is 15.2 Å². The Hall–Kier alpha value is -1.83. The van der Waals surface area contributed by atoms with Gasteiger partial charge in [-0.25, -0.2) is 4.98 Å². The average Bonchev–Trinajstić information content (AvgIpc) is 2.91. The van der Waals surface area contributed by atoms with Gasteiger partial charge in [-0.1, -0.05) is 12.1 Å². The molecule has 2 aromatic rings. The highest BCUT2D eigenvalue weighted by molar-refractivity contribution is 7.09. The Bertz CT molecular complexity index is 574. The Balaban J connectivity index is 1.98. The average molecular weight is 293 g/mol. The normalized spacial score (nSPS) is 12.6. The number of aliphatic hydroxyl groups is 1. The fourth-order valence-corrected chi connectivity index (χ4v) is 2.57. The number of benzene rings is 1. The van der Waals surface area contributed by atoms with Crippen molar-refractivity contribution in [2.75, 3.05) is 13.6 Å². The molecule has 1 aromatic heterocycles. The van der Waals surface area contributed by atoms with Gasteiger partial charge in [0.25, 0.3) is 5.69 Å². The maximum absolute atomic E-state index is 10.7. The maximum Gasteiger partial charge on any atom is 0.269 e. The largest absolute Gasteiger partial charge is 0.387 e. The zero-order chi connectivity index (χ0) is 14.5. The molecule has 1 N–H and O–H groups in total. The smallest absolute Gasteiger partial charge is 0.269 e. The number of hydrogen-bond acceptors (Lipinski definition) is 6. The van der Waals surface area contributed by atoms with Gasteiger partial charge in [-0.2, -0.15) is 0 Å². The van der Waals surface area contributed by atoms with Gasteiger partial charge in [0.1, 0.15) is 5.01 Å². The molecule has 20 heavy (non-hydrogen) atoms. The lowest BCUT2D eigenvalue weighted by Gasteiger charge is -2.19. The summed E-state index contributed by atoms with van der Waals surface area (Å²) < 4.78 is 0. The van der Waals surface area contributed by atoms with E-state index in [-0.39, 0.29) is 5.69 Å². The molecule has 0 spiro atoms. The molecule has 1 heterocycles. The Kier molecular flexibility index (Phi) is 4.78. The van der Waals surface area contributed by atoms with Crippen molar-refractivity contribution >= 4 is 17.0 Å². The summed E-state index contributed by atoms with van der Waals surface area (Å²) in [4.78, 5) is 16.4. The van der Waals surface area contributed by atoms with Crippen LogP contribution >= 0.6 is 11.3 Å². The Labute approximate surface area is 120 Å². The highest BCUT2D eigenvalue weighted by Crippen LogP contribution is 2.20. The number of aromatic nitrogens is 1. The van der Waals surface area contributed by atoms with E-state index >= 15 is 0 Å². The van der Waals surface area contributed by atoms with Gasteiger partial charge in [-0.3, -0.25) is 15.0 Å². The Morgan fingerprint density at radius 1 is 1.55 bits per heavy atom. The maximum atomic E-state index is 10.7. The van der Waals surface area contributed by atoms with Crippen LogP contribution in [0.25, 0.3) is 0 Å². The monoisotopic (exact) mass is 293 g/mol. The predicted octanol–water partition coefficient (Wildman–Crippen LogP) is 2.22. The molecule has 0 aliphatic rings. The number of hydrogen-bond donors (Lipinski definition) is 1. The molecule has 0 saturated carbocycles. The molecule has 0 fully saturated rings. The Morgan fingerprint density at radius 3 is 3.00 bits per heavy atom. The molecule has 0 aliphatic heterocycles. The minimum absolute atomic E-state index is 0.0101. The van der Waals surface area contributed by atoms with Gasteiger partial charge in [0, 0.05) is 30.3 Å². The molecule has 2 rings (SSSR count). The second-order valence-corrected chi connectivity index (χ2v) is 5.47. The lowest BCUT2D eigenvalue weighted by atomic mass is 10.1. The molecule has 6 nitrogen and oxygen atoms in total. The lowest BCUT2D eigenvalue weighted by molar-refractivity contribution is -0.385. The molecule has 0 saturated heterocycles.